The van der Waals surface area contributed by atoms with Crippen molar-refractivity contribution in [2.24, 2.45) is 0 Å². The Morgan fingerprint density at radius 3 is 2.53 bits per heavy atom. The second-order valence-electron chi connectivity index (χ2n) is 8.09. The van der Waals surface area contributed by atoms with E-state index < -0.39 is 0 Å². The molecular weight excluding hydrogens is 370 g/mol. The van der Waals surface area contributed by atoms with Crippen LogP contribution in [0.15, 0.2) is 72.8 Å². The number of aryl methyl sites for hydroxylation is 1. The molecule has 1 aliphatic heterocycles. The number of hydrogen-bond acceptors (Lipinski definition) is 2. The minimum atomic E-state index is -0.0754. The highest BCUT2D eigenvalue weighted by atomic mass is 16.1. The van der Waals surface area contributed by atoms with Crippen molar-refractivity contribution >= 4 is 22.5 Å². The van der Waals surface area contributed by atoms with E-state index in [0.717, 1.165) is 24.2 Å². The van der Waals surface area contributed by atoms with E-state index in [-0.39, 0.29) is 11.9 Å². The number of carbonyl (C=O) groups is 1. The lowest BCUT2D eigenvalue weighted by atomic mass is 9.93. The molecule has 1 aliphatic rings. The van der Waals surface area contributed by atoms with Gasteiger partial charge in [0.15, 0.2) is 0 Å². The lowest BCUT2D eigenvalue weighted by molar-refractivity contribution is 0.102. The maximum absolute atomic E-state index is 12.6. The van der Waals surface area contributed by atoms with E-state index in [0.29, 0.717) is 5.56 Å². The summed E-state index contributed by atoms with van der Waals surface area (Å²) in [7, 11) is 2.17. The molecule has 2 N–H and O–H groups in total. The molecule has 1 amide bonds. The van der Waals surface area contributed by atoms with Crippen molar-refractivity contribution in [1.29, 1.82) is 0 Å². The third kappa shape index (κ3) is 3.19. The van der Waals surface area contributed by atoms with Gasteiger partial charge in [-0.25, -0.2) is 0 Å². The van der Waals surface area contributed by atoms with Gasteiger partial charge in [0, 0.05) is 34.4 Å². The molecule has 0 radical (unpaired) electrons. The summed E-state index contributed by atoms with van der Waals surface area (Å²) in [5.74, 6) is -0.0754. The summed E-state index contributed by atoms with van der Waals surface area (Å²) in [5.41, 5.74) is 7.61. The van der Waals surface area contributed by atoms with Gasteiger partial charge < -0.3 is 10.3 Å². The van der Waals surface area contributed by atoms with Gasteiger partial charge in [0.25, 0.3) is 5.91 Å². The number of fused-ring (bicyclic) bond motifs is 3. The first-order valence-corrected chi connectivity index (χ1v) is 10.4. The molecule has 0 spiro atoms. The van der Waals surface area contributed by atoms with Gasteiger partial charge in [-0.3, -0.25) is 9.69 Å². The van der Waals surface area contributed by atoms with Gasteiger partial charge in [0.05, 0.1) is 6.04 Å². The number of amides is 1. The predicted octanol–water partition coefficient (Wildman–Crippen LogP) is 5.31. The summed E-state index contributed by atoms with van der Waals surface area (Å²) >= 11 is 0. The van der Waals surface area contributed by atoms with Crippen LogP contribution in [0.4, 0.5) is 5.69 Å². The SMILES string of the molecule is Cc1ccccc1C(=O)Nc1ccc(C2c3[nH]c4ccccc4c3CCN2C)cc1. The smallest absolute Gasteiger partial charge is 0.255 e. The summed E-state index contributed by atoms with van der Waals surface area (Å²) in [4.78, 5) is 18.7. The van der Waals surface area contributed by atoms with E-state index in [2.05, 4.69) is 58.6 Å². The largest absolute Gasteiger partial charge is 0.357 e. The molecule has 1 aromatic heterocycles. The molecule has 2 heterocycles. The van der Waals surface area contributed by atoms with Gasteiger partial charge in [-0.2, -0.15) is 0 Å². The summed E-state index contributed by atoms with van der Waals surface area (Å²) in [6, 6.07) is 24.6. The summed E-state index contributed by atoms with van der Waals surface area (Å²) in [6.45, 7) is 2.97. The van der Waals surface area contributed by atoms with Gasteiger partial charge in [-0.05, 0) is 61.3 Å². The number of nitrogens with zero attached hydrogens (tertiary/aromatic N) is 1. The molecular formula is C26H25N3O. The third-order valence-corrected chi connectivity index (χ3v) is 6.15. The quantitative estimate of drug-likeness (QED) is 0.494. The maximum Gasteiger partial charge on any atom is 0.255 e. The third-order valence-electron chi connectivity index (χ3n) is 6.15. The van der Waals surface area contributed by atoms with Crippen LogP contribution >= 0.6 is 0 Å². The number of aromatic nitrogens is 1. The van der Waals surface area contributed by atoms with Crippen molar-refractivity contribution < 1.29 is 4.79 Å². The summed E-state index contributed by atoms with van der Waals surface area (Å²) in [6.07, 6.45) is 1.05. The van der Waals surface area contributed by atoms with Crippen molar-refractivity contribution in [3.8, 4) is 0 Å². The van der Waals surface area contributed by atoms with E-state index in [1.54, 1.807) is 0 Å². The Labute approximate surface area is 176 Å². The van der Waals surface area contributed by atoms with E-state index in [4.69, 9.17) is 0 Å². The molecule has 3 aromatic carbocycles. The van der Waals surface area contributed by atoms with Crippen LogP contribution in [0.2, 0.25) is 0 Å². The van der Waals surface area contributed by atoms with E-state index in [1.165, 1.54) is 27.7 Å². The fraction of sp³-hybridized carbons (Fsp3) is 0.192. The maximum atomic E-state index is 12.6. The Hall–Kier alpha value is -3.37. The first-order chi connectivity index (χ1) is 14.6. The van der Waals surface area contributed by atoms with Gasteiger partial charge in [-0.15, -0.1) is 0 Å². The summed E-state index contributed by atoms with van der Waals surface area (Å²) in [5, 5.41) is 4.35. The number of anilines is 1. The van der Waals surface area contributed by atoms with Crippen molar-refractivity contribution in [3.05, 3.63) is 101 Å². The number of benzene rings is 3. The van der Waals surface area contributed by atoms with E-state index >= 15 is 0 Å². The van der Waals surface area contributed by atoms with Crippen molar-refractivity contribution in [2.75, 3.05) is 18.9 Å². The highest BCUT2D eigenvalue weighted by Gasteiger charge is 2.29. The lowest BCUT2D eigenvalue weighted by Crippen LogP contribution is -2.32. The lowest BCUT2D eigenvalue weighted by Gasteiger charge is -2.33. The first-order valence-electron chi connectivity index (χ1n) is 10.4. The molecule has 4 heteroatoms. The molecule has 4 nitrogen and oxygen atoms in total. The van der Waals surface area contributed by atoms with Crippen LogP contribution in [0.3, 0.4) is 0 Å². The van der Waals surface area contributed by atoms with E-state index in [1.807, 2.05) is 43.3 Å². The monoisotopic (exact) mass is 395 g/mol. The Morgan fingerprint density at radius 2 is 1.73 bits per heavy atom. The number of nitrogens with one attached hydrogen (secondary N) is 2. The Bertz CT molecular complexity index is 1220. The highest BCUT2D eigenvalue weighted by molar-refractivity contribution is 6.05. The van der Waals surface area contributed by atoms with Gasteiger partial charge in [0.1, 0.15) is 0 Å². The molecule has 30 heavy (non-hydrogen) atoms. The van der Waals surface area contributed by atoms with Gasteiger partial charge in [0.2, 0.25) is 0 Å². The molecule has 150 valence electrons. The number of carbonyl (C=O) groups excluding carboxylic acids is 1. The zero-order valence-electron chi connectivity index (χ0n) is 17.3. The average Bonchev–Trinajstić information content (AvgIpc) is 3.13. The van der Waals surface area contributed by atoms with Crippen LogP contribution in [-0.4, -0.2) is 29.4 Å². The van der Waals surface area contributed by atoms with Crippen LogP contribution in [0.5, 0.6) is 0 Å². The van der Waals surface area contributed by atoms with E-state index in [9.17, 15) is 4.79 Å². The highest BCUT2D eigenvalue weighted by Crippen LogP contribution is 2.37. The van der Waals surface area contributed by atoms with Crippen molar-refractivity contribution in [1.82, 2.24) is 9.88 Å². The fourth-order valence-electron chi connectivity index (χ4n) is 4.56. The number of rotatable bonds is 3. The zero-order chi connectivity index (χ0) is 20.7. The van der Waals surface area contributed by atoms with Gasteiger partial charge >= 0.3 is 0 Å². The standard InChI is InChI=1S/C26H25N3O/c1-17-7-3-4-8-20(17)26(30)27-19-13-11-18(12-14-19)25-24-22(15-16-29(25)2)21-9-5-6-10-23(21)28-24/h3-14,25,28H,15-16H2,1-2H3,(H,27,30). The Kier molecular flexibility index (Phi) is 4.64. The number of likely N-dealkylation sites (N-methyl/N-ethyl adjacent to an activating group) is 1. The molecule has 0 fully saturated rings. The number of aromatic amines is 1. The fourth-order valence-corrected chi connectivity index (χ4v) is 4.56. The molecule has 1 atom stereocenters. The average molecular weight is 396 g/mol. The number of para-hydroxylation sites is 1. The second kappa shape index (κ2) is 7.47. The molecule has 1 unspecified atom stereocenters. The number of hydrogen-bond donors (Lipinski definition) is 2. The first kappa shape index (κ1) is 18.6. The Balaban J connectivity index is 1.43. The molecule has 5 rings (SSSR count). The minimum Gasteiger partial charge on any atom is -0.357 e. The normalized spacial score (nSPS) is 16.4. The molecule has 0 aliphatic carbocycles. The minimum absolute atomic E-state index is 0.0754. The van der Waals surface area contributed by atoms with Crippen LogP contribution in [0.25, 0.3) is 10.9 Å². The topological polar surface area (TPSA) is 48.1 Å². The van der Waals surface area contributed by atoms with Crippen LogP contribution in [0.1, 0.15) is 38.8 Å². The van der Waals surface area contributed by atoms with Crippen LogP contribution in [-0.2, 0) is 6.42 Å². The molecule has 4 aromatic rings. The Morgan fingerprint density at radius 1 is 1.00 bits per heavy atom. The van der Waals surface area contributed by atoms with Crippen molar-refractivity contribution in [3.63, 3.8) is 0 Å². The van der Waals surface area contributed by atoms with Crippen LogP contribution in [0, 0.1) is 6.92 Å². The van der Waals surface area contributed by atoms with Crippen LogP contribution < -0.4 is 5.32 Å². The van der Waals surface area contributed by atoms with Gasteiger partial charge in [-0.1, -0.05) is 48.5 Å². The molecule has 0 saturated carbocycles. The van der Waals surface area contributed by atoms with Crippen molar-refractivity contribution in [2.45, 2.75) is 19.4 Å². The predicted molar refractivity (Wildman–Crippen MR) is 122 cm³/mol. The summed E-state index contributed by atoms with van der Waals surface area (Å²) < 4.78 is 0. The second-order valence-corrected chi connectivity index (χ2v) is 8.09. The number of H-pyrrole nitrogens is 1. The molecule has 0 saturated heterocycles. The zero-order valence-corrected chi connectivity index (χ0v) is 17.3. The molecule has 0 bridgehead atoms.